The lowest BCUT2D eigenvalue weighted by atomic mass is 10.1. The maximum atomic E-state index is 12.8. The summed E-state index contributed by atoms with van der Waals surface area (Å²) >= 11 is 0. The van der Waals surface area contributed by atoms with Crippen LogP contribution in [0.1, 0.15) is 39.2 Å². The van der Waals surface area contributed by atoms with E-state index in [0.29, 0.717) is 0 Å². The summed E-state index contributed by atoms with van der Waals surface area (Å²) in [5.74, 6) is -2.17. The standard InChI is InChI=1S/C25H22F2N2O5/c1-16(17-8-3-2-4-9-17)28-23(31)20-12-5-6-13-21(20)29-22(30)15-33-24(32)18-10-7-11-19(14-18)34-25(26)27/h2-14,16,25H,15H2,1H3,(H,28,31)(H,29,30). The first-order valence-corrected chi connectivity index (χ1v) is 10.3. The van der Waals surface area contributed by atoms with Crippen molar-refractivity contribution in [3.8, 4) is 5.75 Å². The molecule has 3 aromatic carbocycles. The first-order chi connectivity index (χ1) is 16.3. The van der Waals surface area contributed by atoms with Gasteiger partial charge in [0, 0.05) is 0 Å². The number of ether oxygens (including phenoxy) is 2. The summed E-state index contributed by atoms with van der Waals surface area (Å²) < 4.78 is 33.9. The Morgan fingerprint density at radius 1 is 0.912 bits per heavy atom. The SMILES string of the molecule is CC(NC(=O)c1ccccc1NC(=O)COC(=O)c1cccc(OC(F)F)c1)c1ccccc1. The zero-order valence-electron chi connectivity index (χ0n) is 18.2. The Labute approximate surface area is 194 Å². The van der Waals surface area contributed by atoms with Crippen molar-refractivity contribution in [1.82, 2.24) is 5.32 Å². The van der Waals surface area contributed by atoms with E-state index in [9.17, 15) is 23.2 Å². The Hall–Kier alpha value is -4.27. The molecule has 0 aliphatic heterocycles. The van der Waals surface area contributed by atoms with Crippen LogP contribution in [-0.2, 0) is 9.53 Å². The first kappa shape index (κ1) is 24.4. The van der Waals surface area contributed by atoms with Gasteiger partial charge < -0.3 is 20.1 Å². The molecule has 2 amide bonds. The van der Waals surface area contributed by atoms with Crippen LogP contribution in [-0.4, -0.2) is 31.0 Å². The fourth-order valence-corrected chi connectivity index (χ4v) is 3.09. The largest absolute Gasteiger partial charge is 0.452 e. The summed E-state index contributed by atoms with van der Waals surface area (Å²) in [6.45, 7) is -1.84. The zero-order chi connectivity index (χ0) is 24.5. The van der Waals surface area contributed by atoms with Crippen molar-refractivity contribution < 1.29 is 32.6 Å². The maximum absolute atomic E-state index is 12.8. The van der Waals surface area contributed by atoms with Gasteiger partial charge in [0.2, 0.25) is 0 Å². The summed E-state index contributed by atoms with van der Waals surface area (Å²) in [4.78, 5) is 37.3. The summed E-state index contributed by atoms with van der Waals surface area (Å²) in [5.41, 5.74) is 1.35. The van der Waals surface area contributed by atoms with E-state index in [1.54, 1.807) is 24.3 Å². The molecule has 0 aliphatic rings. The lowest BCUT2D eigenvalue weighted by molar-refractivity contribution is -0.119. The first-order valence-electron chi connectivity index (χ1n) is 10.3. The maximum Gasteiger partial charge on any atom is 0.387 e. The molecule has 3 rings (SSSR count). The van der Waals surface area contributed by atoms with Gasteiger partial charge in [0.1, 0.15) is 5.75 Å². The molecule has 0 saturated carbocycles. The molecule has 0 fully saturated rings. The van der Waals surface area contributed by atoms with Crippen LogP contribution < -0.4 is 15.4 Å². The average Bonchev–Trinajstić information content (AvgIpc) is 2.83. The van der Waals surface area contributed by atoms with E-state index in [4.69, 9.17) is 4.74 Å². The molecule has 7 nitrogen and oxygen atoms in total. The third kappa shape index (κ3) is 6.86. The van der Waals surface area contributed by atoms with Crippen LogP contribution in [0.5, 0.6) is 5.75 Å². The number of halogens is 2. The van der Waals surface area contributed by atoms with Crippen molar-refractivity contribution >= 4 is 23.5 Å². The number of amides is 2. The molecular weight excluding hydrogens is 446 g/mol. The number of para-hydroxylation sites is 1. The Bertz CT molecular complexity index is 1150. The minimum Gasteiger partial charge on any atom is -0.452 e. The Balaban J connectivity index is 1.59. The number of alkyl halides is 2. The smallest absolute Gasteiger partial charge is 0.387 e. The fourth-order valence-electron chi connectivity index (χ4n) is 3.09. The van der Waals surface area contributed by atoms with Gasteiger partial charge in [-0.3, -0.25) is 9.59 Å². The lowest BCUT2D eigenvalue weighted by Gasteiger charge is -2.16. The van der Waals surface area contributed by atoms with E-state index in [2.05, 4.69) is 15.4 Å². The van der Waals surface area contributed by atoms with E-state index in [1.165, 1.54) is 18.2 Å². The predicted octanol–water partition coefficient (Wildman–Crippen LogP) is 4.57. The Morgan fingerprint density at radius 3 is 2.35 bits per heavy atom. The molecule has 2 N–H and O–H groups in total. The minimum atomic E-state index is -3.04. The van der Waals surface area contributed by atoms with E-state index in [0.717, 1.165) is 11.6 Å². The van der Waals surface area contributed by atoms with Crippen molar-refractivity contribution in [2.45, 2.75) is 19.6 Å². The van der Waals surface area contributed by atoms with Gasteiger partial charge in [-0.1, -0.05) is 48.5 Å². The average molecular weight is 468 g/mol. The number of benzene rings is 3. The van der Waals surface area contributed by atoms with Crippen LogP contribution in [0.2, 0.25) is 0 Å². The van der Waals surface area contributed by atoms with E-state index in [1.807, 2.05) is 37.3 Å². The molecular formula is C25H22F2N2O5. The summed E-state index contributed by atoms with van der Waals surface area (Å²) in [6.07, 6.45) is 0. The third-order valence-corrected chi connectivity index (χ3v) is 4.72. The molecule has 1 atom stereocenters. The second kappa shape index (κ2) is 11.6. The number of nitrogens with one attached hydrogen (secondary N) is 2. The second-order valence-corrected chi connectivity index (χ2v) is 7.18. The molecule has 3 aromatic rings. The van der Waals surface area contributed by atoms with Gasteiger partial charge in [-0.2, -0.15) is 8.78 Å². The molecule has 0 radical (unpaired) electrons. The van der Waals surface area contributed by atoms with Gasteiger partial charge in [-0.25, -0.2) is 4.79 Å². The van der Waals surface area contributed by atoms with Gasteiger partial charge in [-0.15, -0.1) is 0 Å². The highest BCUT2D eigenvalue weighted by Crippen LogP contribution is 2.19. The van der Waals surface area contributed by atoms with Gasteiger partial charge in [-0.05, 0) is 42.8 Å². The molecule has 0 heterocycles. The van der Waals surface area contributed by atoms with Crippen LogP contribution >= 0.6 is 0 Å². The van der Waals surface area contributed by atoms with Crippen LogP contribution in [0, 0.1) is 0 Å². The van der Waals surface area contributed by atoms with E-state index in [-0.39, 0.29) is 34.5 Å². The number of anilines is 1. The minimum absolute atomic E-state index is 0.0550. The van der Waals surface area contributed by atoms with Gasteiger partial charge in [0.05, 0.1) is 22.9 Å². The van der Waals surface area contributed by atoms with Crippen molar-refractivity contribution in [3.05, 3.63) is 95.6 Å². The summed E-state index contributed by atoms with van der Waals surface area (Å²) in [5, 5.41) is 5.42. The highest BCUT2D eigenvalue weighted by Gasteiger charge is 2.17. The Kier molecular flexibility index (Phi) is 8.28. The van der Waals surface area contributed by atoms with Crippen LogP contribution in [0.4, 0.5) is 14.5 Å². The molecule has 0 saturated heterocycles. The van der Waals surface area contributed by atoms with Crippen molar-refractivity contribution in [2.24, 2.45) is 0 Å². The number of hydrogen-bond donors (Lipinski definition) is 2. The number of hydrogen-bond acceptors (Lipinski definition) is 5. The third-order valence-electron chi connectivity index (χ3n) is 4.72. The van der Waals surface area contributed by atoms with Gasteiger partial charge in [0.25, 0.3) is 11.8 Å². The van der Waals surface area contributed by atoms with Crippen molar-refractivity contribution in [1.29, 1.82) is 0 Å². The van der Waals surface area contributed by atoms with E-state index >= 15 is 0 Å². The molecule has 1 unspecified atom stereocenters. The number of carbonyl (C=O) groups is 3. The van der Waals surface area contributed by atoms with Gasteiger partial charge >= 0.3 is 12.6 Å². The van der Waals surface area contributed by atoms with Crippen molar-refractivity contribution in [2.75, 3.05) is 11.9 Å². The summed E-state index contributed by atoms with van der Waals surface area (Å²) in [7, 11) is 0. The molecule has 0 spiro atoms. The lowest BCUT2D eigenvalue weighted by Crippen LogP contribution is -2.28. The fraction of sp³-hybridized carbons (Fsp3) is 0.160. The second-order valence-electron chi connectivity index (χ2n) is 7.18. The van der Waals surface area contributed by atoms with Crippen molar-refractivity contribution in [3.63, 3.8) is 0 Å². The highest BCUT2D eigenvalue weighted by molar-refractivity contribution is 6.04. The molecule has 176 valence electrons. The normalized spacial score (nSPS) is 11.4. The molecule has 34 heavy (non-hydrogen) atoms. The quantitative estimate of drug-likeness (QED) is 0.449. The molecule has 0 bridgehead atoms. The molecule has 0 aromatic heterocycles. The van der Waals surface area contributed by atoms with Crippen LogP contribution in [0.25, 0.3) is 0 Å². The van der Waals surface area contributed by atoms with E-state index < -0.39 is 25.1 Å². The monoisotopic (exact) mass is 468 g/mol. The number of esters is 1. The Morgan fingerprint density at radius 2 is 1.62 bits per heavy atom. The number of carbonyl (C=O) groups excluding carboxylic acids is 3. The molecule has 0 aliphatic carbocycles. The summed E-state index contributed by atoms with van der Waals surface area (Å²) in [6, 6.07) is 20.6. The van der Waals surface area contributed by atoms with Gasteiger partial charge in [0.15, 0.2) is 6.61 Å². The predicted molar refractivity (Wildman–Crippen MR) is 121 cm³/mol. The number of rotatable bonds is 9. The van der Waals surface area contributed by atoms with Crippen LogP contribution in [0.15, 0.2) is 78.9 Å². The topological polar surface area (TPSA) is 93.7 Å². The zero-order valence-corrected chi connectivity index (χ0v) is 18.2. The highest BCUT2D eigenvalue weighted by atomic mass is 19.3. The van der Waals surface area contributed by atoms with Crippen LogP contribution in [0.3, 0.4) is 0 Å². The molecule has 9 heteroatoms.